The molecule has 2 rings (SSSR count). The molecule has 1 atom stereocenters. The van der Waals surface area contributed by atoms with Crippen LogP contribution in [0.3, 0.4) is 0 Å². The summed E-state index contributed by atoms with van der Waals surface area (Å²) < 4.78 is 5.82. The first-order valence-corrected chi connectivity index (χ1v) is 7.87. The third kappa shape index (κ3) is 3.66. The standard InChI is InChI=1S/C14H19ClN2OS/c1-9(2)7-19-8-12(17-16)13-6-10-4-3-5-11(15)14(10)18-13/h3-6,9,12,17H,7-8,16H2,1-2H3. The number of fused-ring (bicyclic) bond motifs is 1. The molecule has 0 saturated heterocycles. The van der Waals surface area contributed by atoms with E-state index < -0.39 is 0 Å². The van der Waals surface area contributed by atoms with Gasteiger partial charge in [-0.1, -0.05) is 37.6 Å². The van der Waals surface area contributed by atoms with Gasteiger partial charge in [-0.3, -0.25) is 5.84 Å². The monoisotopic (exact) mass is 298 g/mol. The maximum absolute atomic E-state index is 6.11. The van der Waals surface area contributed by atoms with Gasteiger partial charge in [0.15, 0.2) is 5.58 Å². The van der Waals surface area contributed by atoms with Crippen molar-refractivity contribution >= 4 is 34.3 Å². The maximum Gasteiger partial charge on any atom is 0.152 e. The summed E-state index contributed by atoms with van der Waals surface area (Å²) in [6.07, 6.45) is 0. The van der Waals surface area contributed by atoms with E-state index in [1.54, 1.807) is 0 Å². The molecule has 2 aromatic rings. The van der Waals surface area contributed by atoms with Crippen LogP contribution < -0.4 is 11.3 Å². The molecule has 0 amide bonds. The van der Waals surface area contributed by atoms with Crippen LogP contribution in [0.4, 0.5) is 0 Å². The summed E-state index contributed by atoms with van der Waals surface area (Å²) in [5.74, 6) is 9.13. The summed E-state index contributed by atoms with van der Waals surface area (Å²) in [7, 11) is 0. The van der Waals surface area contributed by atoms with E-state index in [-0.39, 0.29) is 6.04 Å². The van der Waals surface area contributed by atoms with Crippen molar-refractivity contribution in [2.75, 3.05) is 11.5 Å². The average molecular weight is 299 g/mol. The van der Waals surface area contributed by atoms with E-state index in [9.17, 15) is 0 Å². The van der Waals surface area contributed by atoms with Crippen LogP contribution in [0, 0.1) is 5.92 Å². The van der Waals surface area contributed by atoms with Crippen molar-refractivity contribution in [3.05, 3.63) is 35.0 Å². The van der Waals surface area contributed by atoms with Crippen molar-refractivity contribution in [2.24, 2.45) is 11.8 Å². The Hall–Kier alpha value is -0.680. The lowest BCUT2D eigenvalue weighted by molar-refractivity contribution is 0.463. The van der Waals surface area contributed by atoms with Gasteiger partial charge in [0.2, 0.25) is 0 Å². The number of benzene rings is 1. The van der Waals surface area contributed by atoms with Crippen LogP contribution in [0.2, 0.25) is 5.02 Å². The van der Waals surface area contributed by atoms with Crippen molar-refractivity contribution in [2.45, 2.75) is 19.9 Å². The van der Waals surface area contributed by atoms with Gasteiger partial charge in [0.1, 0.15) is 5.76 Å². The third-order valence-electron chi connectivity index (χ3n) is 2.80. The van der Waals surface area contributed by atoms with Crippen molar-refractivity contribution in [1.29, 1.82) is 0 Å². The number of hydrogen-bond donors (Lipinski definition) is 2. The van der Waals surface area contributed by atoms with E-state index in [1.807, 2.05) is 36.0 Å². The summed E-state index contributed by atoms with van der Waals surface area (Å²) in [5.41, 5.74) is 3.54. The minimum Gasteiger partial charge on any atom is -0.458 e. The number of rotatable bonds is 6. The van der Waals surface area contributed by atoms with Crippen molar-refractivity contribution in [3.63, 3.8) is 0 Å². The highest BCUT2D eigenvalue weighted by atomic mass is 35.5. The predicted octanol–water partition coefficient (Wildman–Crippen LogP) is 3.98. The van der Waals surface area contributed by atoms with Crippen molar-refractivity contribution in [1.82, 2.24) is 5.43 Å². The first-order chi connectivity index (χ1) is 9.11. The fourth-order valence-corrected chi connectivity index (χ4v) is 3.18. The molecule has 0 radical (unpaired) electrons. The first-order valence-electron chi connectivity index (χ1n) is 6.33. The fourth-order valence-electron chi connectivity index (χ4n) is 1.85. The molecule has 0 fully saturated rings. The normalized spacial score (nSPS) is 13.3. The summed E-state index contributed by atoms with van der Waals surface area (Å²) in [6.45, 7) is 4.41. The molecule has 104 valence electrons. The Morgan fingerprint density at radius 2 is 2.16 bits per heavy atom. The van der Waals surface area contributed by atoms with Gasteiger partial charge in [-0.2, -0.15) is 11.8 Å². The van der Waals surface area contributed by atoms with Gasteiger partial charge >= 0.3 is 0 Å². The number of para-hydroxylation sites is 1. The zero-order valence-electron chi connectivity index (χ0n) is 11.2. The number of halogens is 1. The van der Waals surface area contributed by atoms with Crippen LogP contribution in [0.1, 0.15) is 25.6 Å². The Morgan fingerprint density at radius 3 is 2.79 bits per heavy atom. The second-order valence-corrected chi connectivity index (χ2v) is 6.44. The SMILES string of the molecule is CC(C)CSCC(NN)c1cc2cccc(Cl)c2o1. The zero-order valence-corrected chi connectivity index (χ0v) is 12.7. The minimum atomic E-state index is 0.00668. The predicted molar refractivity (Wildman–Crippen MR) is 83.5 cm³/mol. The molecule has 0 spiro atoms. The van der Waals surface area contributed by atoms with Crippen molar-refractivity contribution in [3.8, 4) is 0 Å². The molecule has 3 N–H and O–H groups in total. The lowest BCUT2D eigenvalue weighted by atomic mass is 10.2. The molecule has 5 heteroatoms. The topological polar surface area (TPSA) is 51.2 Å². The molecule has 1 aromatic carbocycles. The Bertz CT molecular complexity index is 541. The zero-order chi connectivity index (χ0) is 13.8. The highest BCUT2D eigenvalue weighted by molar-refractivity contribution is 7.99. The van der Waals surface area contributed by atoms with Gasteiger partial charge in [-0.15, -0.1) is 0 Å². The molecule has 0 aliphatic heterocycles. The van der Waals surface area contributed by atoms with Crippen LogP contribution in [-0.4, -0.2) is 11.5 Å². The lowest BCUT2D eigenvalue weighted by Crippen LogP contribution is -2.29. The summed E-state index contributed by atoms with van der Waals surface area (Å²) in [4.78, 5) is 0. The largest absolute Gasteiger partial charge is 0.458 e. The van der Waals surface area contributed by atoms with E-state index in [0.29, 0.717) is 10.9 Å². The van der Waals surface area contributed by atoms with Crippen LogP contribution in [0.15, 0.2) is 28.7 Å². The Labute approximate surface area is 122 Å². The quantitative estimate of drug-likeness (QED) is 0.625. The summed E-state index contributed by atoms with van der Waals surface area (Å²) in [5, 5.41) is 1.64. The molecule has 0 aliphatic carbocycles. The molecule has 1 aromatic heterocycles. The molecule has 1 unspecified atom stereocenters. The van der Waals surface area contributed by atoms with Gasteiger partial charge < -0.3 is 4.42 Å². The van der Waals surface area contributed by atoms with E-state index in [2.05, 4.69) is 19.3 Å². The molecular weight excluding hydrogens is 280 g/mol. The van der Waals surface area contributed by atoms with Crippen LogP contribution in [0.5, 0.6) is 0 Å². The van der Waals surface area contributed by atoms with E-state index in [0.717, 1.165) is 28.2 Å². The Balaban J connectivity index is 2.14. The number of nitrogens with two attached hydrogens (primary N) is 1. The number of thioether (sulfide) groups is 1. The molecule has 3 nitrogen and oxygen atoms in total. The van der Waals surface area contributed by atoms with Gasteiger partial charge in [0, 0.05) is 11.1 Å². The van der Waals surface area contributed by atoms with Gasteiger partial charge in [0.05, 0.1) is 11.1 Å². The van der Waals surface area contributed by atoms with Crippen LogP contribution >= 0.6 is 23.4 Å². The van der Waals surface area contributed by atoms with Crippen LogP contribution in [0.25, 0.3) is 11.0 Å². The molecular formula is C14H19ClN2OS. The van der Waals surface area contributed by atoms with E-state index in [1.165, 1.54) is 0 Å². The number of hydrazine groups is 1. The van der Waals surface area contributed by atoms with E-state index >= 15 is 0 Å². The molecule has 19 heavy (non-hydrogen) atoms. The van der Waals surface area contributed by atoms with Gasteiger partial charge in [-0.25, -0.2) is 5.43 Å². The fraction of sp³-hybridized carbons (Fsp3) is 0.429. The maximum atomic E-state index is 6.11. The summed E-state index contributed by atoms with van der Waals surface area (Å²) in [6, 6.07) is 7.75. The molecule has 0 saturated carbocycles. The van der Waals surface area contributed by atoms with Gasteiger partial charge in [0.25, 0.3) is 0 Å². The number of nitrogens with one attached hydrogen (secondary N) is 1. The number of hydrogen-bond acceptors (Lipinski definition) is 4. The lowest BCUT2D eigenvalue weighted by Gasteiger charge is -2.13. The third-order valence-corrected chi connectivity index (χ3v) is 4.56. The molecule has 0 bridgehead atoms. The Morgan fingerprint density at radius 1 is 1.37 bits per heavy atom. The number of furan rings is 1. The highest BCUT2D eigenvalue weighted by Gasteiger charge is 2.16. The highest BCUT2D eigenvalue weighted by Crippen LogP contribution is 2.30. The molecule has 0 aliphatic rings. The van der Waals surface area contributed by atoms with Crippen molar-refractivity contribution < 1.29 is 4.42 Å². The average Bonchev–Trinajstić information content (AvgIpc) is 2.79. The smallest absolute Gasteiger partial charge is 0.152 e. The second kappa shape index (κ2) is 6.66. The summed E-state index contributed by atoms with van der Waals surface area (Å²) >= 11 is 7.98. The second-order valence-electron chi connectivity index (χ2n) is 4.96. The van der Waals surface area contributed by atoms with Gasteiger partial charge in [-0.05, 0) is 23.8 Å². The molecule has 1 heterocycles. The first kappa shape index (κ1) is 14.7. The van der Waals surface area contributed by atoms with Crippen LogP contribution in [-0.2, 0) is 0 Å². The van der Waals surface area contributed by atoms with E-state index in [4.69, 9.17) is 21.9 Å². The minimum absolute atomic E-state index is 0.00668. The Kier molecular flexibility index (Phi) is 5.16.